The summed E-state index contributed by atoms with van der Waals surface area (Å²) in [6.45, 7) is 5.82. The Labute approximate surface area is 138 Å². The standard InChI is InChI=1S/C16H25N3O2.ClH/c1-4-16(5-2,11-17)15(21)18-12(3)14(20)19-13-9-7-6-8-10-13;/h6-10,12H,4-5,11,17H2,1-3H3,(H,18,21)(H,19,20);1H. The molecule has 2 amide bonds. The maximum absolute atomic E-state index is 12.4. The third-order valence-electron chi connectivity index (χ3n) is 4.01. The van der Waals surface area contributed by atoms with Crippen LogP contribution < -0.4 is 16.4 Å². The maximum Gasteiger partial charge on any atom is 0.246 e. The molecule has 124 valence electrons. The predicted molar refractivity (Wildman–Crippen MR) is 92.0 cm³/mol. The number of halogens is 1. The Morgan fingerprint density at radius 2 is 1.73 bits per heavy atom. The quantitative estimate of drug-likeness (QED) is 0.718. The van der Waals surface area contributed by atoms with Gasteiger partial charge in [0, 0.05) is 12.2 Å². The monoisotopic (exact) mass is 327 g/mol. The Hall–Kier alpha value is -1.59. The van der Waals surface area contributed by atoms with E-state index in [2.05, 4.69) is 10.6 Å². The lowest BCUT2D eigenvalue weighted by Crippen LogP contribution is -2.51. The molecule has 0 radical (unpaired) electrons. The average molecular weight is 328 g/mol. The zero-order valence-electron chi connectivity index (χ0n) is 13.4. The lowest BCUT2D eigenvalue weighted by molar-refractivity contribution is -0.134. The number of nitrogens with two attached hydrogens (primary N) is 1. The molecule has 1 aromatic carbocycles. The minimum Gasteiger partial charge on any atom is -0.344 e. The fraction of sp³-hybridized carbons (Fsp3) is 0.500. The number of nitrogens with one attached hydrogen (secondary N) is 2. The van der Waals surface area contributed by atoms with Gasteiger partial charge in [-0.3, -0.25) is 9.59 Å². The number of anilines is 1. The molecule has 0 saturated heterocycles. The second-order valence-electron chi connectivity index (χ2n) is 5.24. The molecule has 1 atom stereocenters. The molecule has 0 aliphatic rings. The van der Waals surface area contributed by atoms with Crippen LogP contribution >= 0.6 is 12.4 Å². The third-order valence-corrected chi connectivity index (χ3v) is 4.01. The lowest BCUT2D eigenvalue weighted by atomic mass is 9.81. The number of carbonyl (C=O) groups excluding carboxylic acids is 2. The Kier molecular flexibility index (Phi) is 8.75. The highest BCUT2D eigenvalue weighted by Crippen LogP contribution is 2.25. The summed E-state index contributed by atoms with van der Waals surface area (Å²) in [5, 5.41) is 5.53. The Balaban J connectivity index is 0.00000441. The molecule has 0 aromatic heterocycles. The van der Waals surface area contributed by atoms with E-state index in [4.69, 9.17) is 5.73 Å². The van der Waals surface area contributed by atoms with Gasteiger partial charge in [-0.15, -0.1) is 12.4 Å². The molecule has 1 aromatic rings. The second-order valence-corrected chi connectivity index (χ2v) is 5.24. The van der Waals surface area contributed by atoms with Crippen molar-refractivity contribution in [1.29, 1.82) is 0 Å². The largest absolute Gasteiger partial charge is 0.344 e. The summed E-state index contributed by atoms with van der Waals surface area (Å²) in [5.41, 5.74) is 5.86. The summed E-state index contributed by atoms with van der Waals surface area (Å²) in [5.74, 6) is -0.404. The van der Waals surface area contributed by atoms with Crippen molar-refractivity contribution in [3.05, 3.63) is 30.3 Å². The molecule has 1 unspecified atom stereocenters. The normalized spacial score (nSPS) is 12.0. The fourth-order valence-electron chi connectivity index (χ4n) is 2.14. The summed E-state index contributed by atoms with van der Waals surface area (Å²) in [6.07, 6.45) is 1.30. The SMILES string of the molecule is CCC(CC)(CN)C(=O)NC(C)C(=O)Nc1ccccc1.Cl. The van der Waals surface area contributed by atoms with Crippen molar-refractivity contribution in [2.75, 3.05) is 11.9 Å². The van der Waals surface area contributed by atoms with E-state index >= 15 is 0 Å². The molecular weight excluding hydrogens is 302 g/mol. The molecule has 0 aliphatic carbocycles. The number of hydrogen-bond acceptors (Lipinski definition) is 3. The summed E-state index contributed by atoms with van der Waals surface area (Å²) in [7, 11) is 0. The van der Waals surface area contributed by atoms with Gasteiger partial charge in [0.05, 0.1) is 5.41 Å². The number of benzene rings is 1. The molecule has 5 nitrogen and oxygen atoms in total. The molecule has 0 saturated carbocycles. The summed E-state index contributed by atoms with van der Waals surface area (Å²) in [6, 6.07) is 8.54. The molecule has 4 N–H and O–H groups in total. The van der Waals surface area contributed by atoms with E-state index in [0.717, 1.165) is 0 Å². The van der Waals surface area contributed by atoms with Crippen LogP contribution in [0.4, 0.5) is 5.69 Å². The molecule has 6 heteroatoms. The van der Waals surface area contributed by atoms with Gasteiger partial charge < -0.3 is 16.4 Å². The Morgan fingerprint density at radius 1 is 1.18 bits per heavy atom. The van der Waals surface area contributed by atoms with Gasteiger partial charge in [0.25, 0.3) is 0 Å². The summed E-state index contributed by atoms with van der Waals surface area (Å²) < 4.78 is 0. The van der Waals surface area contributed by atoms with Crippen molar-refractivity contribution >= 4 is 29.9 Å². The van der Waals surface area contributed by atoms with Gasteiger partial charge in [-0.1, -0.05) is 32.0 Å². The van der Waals surface area contributed by atoms with Crippen molar-refractivity contribution < 1.29 is 9.59 Å². The van der Waals surface area contributed by atoms with Gasteiger partial charge in [-0.25, -0.2) is 0 Å². The molecule has 1 rings (SSSR count). The number of carbonyl (C=O) groups is 2. The van der Waals surface area contributed by atoms with Gasteiger partial charge in [-0.2, -0.15) is 0 Å². The summed E-state index contributed by atoms with van der Waals surface area (Å²) >= 11 is 0. The van der Waals surface area contributed by atoms with E-state index in [-0.39, 0.29) is 30.8 Å². The number of hydrogen-bond donors (Lipinski definition) is 3. The van der Waals surface area contributed by atoms with E-state index in [1.807, 2.05) is 32.0 Å². The number of amides is 2. The molecule has 0 bridgehead atoms. The molecule has 0 heterocycles. The van der Waals surface area contributed by atoms with Crippen molar-refractivity contribution in [2.45, 2.75) is 39.7 Å². The van der Waals surface area contributed by atoms with Gasteiger partial charge in [0.2, 0.25) is 11.8 Å². The van der Waals surface area contributed by atoms with Crippen molar-refractivity contribution in [3.63, 3.8) is 0 Å². The van der Waals surface area contributed by atoms with Gasteiger partial charge in [0.15, 0.2) is 0 Å². The minimum absolute atomic E-state index is 0. The average Bonchev–Trinajstić information content (AvgIpc) is 2.50. The van der Waals surface area contributed by atoms with Crippen LogP contribution in [-0.4, -0.2) is 24.4 Å². The van der Waals surface area contributed by atoms with Crippen LogP contribution in [-0.2, 0) is 9.59 Å². The first-order valence-electron chi connectivity index (χ1n) is 7.36. The molecule has 0 aliphatic heterocycles. The van der Waals surface area contributed by atoms with Gasteiger partial charge in [-0.05, 0) is 31.9 Å². The predicted octanol–water partition coefficient (Wildman–Crippen LogP) is 2.32. The van der Waals surface area contributed by atoms with Crippen LogP contribution in [0, 0.1) is 5.41 Å². The first-order chi connectivity index (χ1) is 9.99. The van der Waals surface area contributed by atoms with E-state index < -0.39 is 11.5 Å². The van der Waals surface area contributed by atoms with Crippen molar-refractivity contribution in [1.82, 2.24) is 5.32 Å². The topological polar surface area (TPSA) is 84.2 Å². The van der Waals surface area contributed by atoms with Crippen LogP contribution in [0.1, 0.15) is 33.6 Å². The maximum atomic E-state index is 12.4. The summed E-state index contributed by atoms with van der Waals surface area (Å²) in [4.78, 5) is 24.4. The zero-order chi connectivity index (χ0) is 15.9. The van der Waals surface area contributed by atoms with E-state index in [9.17, 15) is 9.59 Å². The highest BCUT2D eigenvalue weighted by Gasteiger charge is 2.34. The molecule has 0 fully saturated rings. The first kappa shape index (κ1) is 20.4. The van der Waals surface area contributed by atoms with Crippen LogP contribution in [0.25, 0.3) is 0 Å². The second kappa shape index (κ2) is 9.43. The van der Waals surface area contributed by atoms with Gasteiger partial charge in [0.1, 0.15) is 6.04 Å². The molecular formula is C16H26ClN3O2. The Morgan fingerprint density at radius 3 is 2.18 bits per heavy atom. The highest BCUT2D eigenvalue weighted by atomic mass is 35.5. The zero-order valence-corrected chi connectivity index (χ0v) is 14.2. The van der Waals surface area contributed by atoms with E-state index in [1.165, 1.54) is 0 Å². The van der Waals surface area contributed by atoms with Crippen LogP contribution in [0.3, 0.4) is 0 Å². The van der Waals surface area contributed by atoms with Crippen LogP contribution in [0.5, 0.6) is 0 Å². The van der Waals surface area contributed by atoms with Crippen molar-refractivity contribution in [2.24, 2.45) is 11.1 Å². The smallest absolute Gasteiger partial charge is 0.246 e. The lowest BCUT2D eigenvalue weighted by Gasteiger charge is -2.30. The van der Waals surface area contributed by atoms with E-state index in [0.29, 0.717) is 18.5 Å². The van der Waals surface area contributed by atoms with Gasteiger partial charge >= 0.3 is 0 Å². The number of para-hydroxylation sites is 1. The molecule has 0 spiro atoms. The van der Waals surface area contributed by atoms with Crippen LogP contribution in [0.2, 0.25) is 0 Å². The Bertz CT molecular complexity index is 467. The minimum atomic E-state index is -0.610. The first-order valence-corrected chi connectivity index (χ1v) is 7.36. The van der Waals surface area contributed by atoms with Crippen molar-refractivity contribution in [3.8, 4) is 0 Å². The third kappa shape index (κ3) is 5.00. The fourth-order valence-corrected chi connectivity index (χ4v) is 2.14. The molecule has 22 heavy (non-hydrogen) atoms. The van der Waals surface area contributed by atoms with E-state index in [1.54, 1.807) is 19.1 Å². The number of rotatable bonds is 7. The van der Waals surface area contributed by atoms with Crippen LogP contribution in [0.15, 0.2) is 30.3 Å². The highest BCUT2D eigenvalue weighted by molar-refractivity contribution is 5.97.